The summed E-state index contributed by atoms with van der Waals surface area (Å²) in [7, 11) is 0. The zero-order valence-corrected chi connectivity index (χ0v) is 16.1. The van der Waals surface area contributed by atoms with Crippen LogP contribution in [0.3, 0.4) is 0 Å². The molecular formula is C21H32O5. The van der Waals surface area contributed by atoms with Gasteiger partial charge in [-0.1, -0.05) is 45.0 Å². The maximum Gasteiger partial charge on any atom is 0.140 e. The molecule has 0 bridgehead atoms. The topological polar surface area (TPSA) is 94.8 Å². The van der Waals surface area contributed by atoms with Crippen LogP contribution in [-0.4, -0.2) is 46.7 Å². The first-order valence-corrected chi connectivity index (χ1v) is 9.26. The highest BCUT2D eigenvalue weighted by atomic mass is 16.3. The van der Waals surface area contributed by atoms with Crippen molar-refractivity contribution < 1.29 is 24.9 Å². The number of carbonyl (C=O) groups excluding carboxylic acids is 2. The van der Waals surface area contributed by atoms with Crippen molar-refractivity contribution in [2.75, 3.05) is 19.8 Å². The van der Waals surface area contributed by atoms with Gasteiger partial charge in [-0.05, 0) is 29.4 Å². The molecule has 26 heavy (non-hydrogen) atoms. The third-order valence-electron chi connectivity index (χ3n) is 5.17. The number of aliphatic hydroxyl groups is 3. The molecule has 5 heteroatoms. The first kappa shape index (κ1) is 22.5. The Morgan fingerprint density at radius 1 is 0.962 bits per heavy atom. The van der Waals surface area contributed by atoms with Gasteiger partial charge in [0, 0.05) is 18.3 Å². The lowest BCUT2D eigenvalue weighted by atomic mass is 9.82. The number of ketones is 2. The van der Waals surface area contributed by atoms with E-state index in [9.17, 15) is 9.59 Å². The van der Waals surface area contributed by atoms with Gasteiger partial charge in [0.1, 0.15) is 11.6 Å². The second-order valence-corrected chi connectivity index (χ2v) is 7.51. The summed E-state index contributed by atoms with van der Waals surface area (Å²) in [5, 5.41) is 26.0. The largest absolute Gasteiger partial charge is 0.396 e. The van der Waals surface area contributed by atoms with E-state index in [1.807, 2.05) is 6.92 Å². The van der Waals surface area contributed by atoms with Crippen LogP contribution in [0, 0.1) is 5.41 Å². The van der Waals surface area contributed by atoms with E-state index in [2.05, 4.69) is 38.1 Å². The molecular weight excluding hydrogens is 332 g/mol. The lowest BCUT2D eigenvalue weighted by Gasteiger charge is -2.24. The second-order valence-electron chi connectivity index (χ2n) is 7.51. The number of hydrogen-bond acceptors (Lipinski definition) is 5. The molecule has 1 aromatic carbocycles. The Kier molecular flexibility index (Phi) is 9.13. The van der Waals surface area contributed by atoms with Crippen molar-refractivity contribution in [1.82, 2.24) is 0 Å². The molecule has 1 aliphatic carbocycles. The average molecular weight is 364 g/mol. The molecule has 1 fully saturated rings. The summed E-state index contributed by atoms with van der Waals surface area (Å²) in [6, 6.07) is 8.32. The van der Waals surface area contributed by atoms with Gasteiger partial charge in [-0.25, -0.2) is 0 Å². The van der Waals surface area contributed by atoms with E-state index >= 15 is 0 Å². The minimum Gasteiger partial charge on any atom is -0.396 e. The molecule has 0 amide bonds. The van der Waals surface area contributed by atoms with Crippen LogP contribution in [0.2, 0.25) is 0 Å². The van der Waals surface area contributed by atoms with Crippen molar-refractivity contribution >= 4 is 11.6 Å². The lowest BCUT2D eigenvalue weighted by Crippen LogP contribution is -2.32. The molecule has 146 valence electrons. The van der Waals surface area contributed by atoms with Crippen LogP contribution in [-0.2, 0) is 9.59 Å². The SMILES string of the molecule is CC(C)c1ccc(C2CC(=O)CC(=O)C2)cc1.CCC(CO)(CO)CO. The van der Waals surface area contributed by atoms with Crippen LogP contribution < -0.4 is 0 Å². The molecule has 1 aromatic rings. The Balaban J connectivity index is 0.000000321. The fourth-order valence-corrected chi connectivity index (χ4v) is 2.86. The number of carbonyl (C=O) groups is 2. The quantitative estimate of drug-likeness (QED) is 0.675. The number of hydrogen-bond donors (Lipinski definition) is 3. The highest BCUT2D eigenvalue weighted by Crippen LogP contribution is 2.30. The molecule has 0 atom stereocenters. The average Bonchev–Trinajstić information content (AvgIpc) is 2.64. The van der Waals surface area contributed by atoms with Gasteiger partial charge in [0.25, 0.3) is 0 Å². The fraction of sp³-hybridized carbons (Fsp3) is 0.619. The maximum atomic E-state index is 11.4. The zero-order chi connectivity index (χ0) is 19.7. The fourth-order valence-electron chi connectivity index (χ4n) is 2.86. The summed E-state index contributed by atoms with van der Waals surface area (Å²) < 4.78 is 0. The molecule has 0 spiro atoms. The van der Waals surface area contributed by atoms with Gasteiger partial charge in [0.15, 0.2) is 0 Å². The Morgan fingerprint density at radius 3 is 1.73 bits per heavy atom. The van der Waals surface area contributed by atoms with Gasteiger partial charge in [-0.2, -0.15) is 0 Å². The van der Waals surface area contributed by atoms with E-state index in [-0.39, 0.29) is 43.7 Å². The predicted octanol–water partition coefficient (Wildman–Crippen LogP) is 2.58. The summed E-state index contributed by atoms with van der Waals surface area (Å²) >= 11 is 0. The van der Waals surface area contributed by atoms with Crippen molar-refractivity contribution in [2.45, 2.75) is 58.3 Å². The van der Waals surface area contributed by atoms with E-state index in [1.54, 1.807) is 0 Å². The second kappa shape index (κ2) is 10.6. The number of aliphatic hydroxyl groups excluding tert-OH is 3. The number of benzene rings is 1. The van der Waals surface area contributed by atoms with E-state index < -0.39 is 5.41 Å². The van der Waals surface area contributed by atoms with Gasteiger partial charge in [-0.15, -0.1) is 0 Å². The third kappa shape index (κ3) is 6.31. The van der Waals surface area contributed by atoms with Crippen LogP contribution in [0.25, 0.3) is 0 Å². The van der Waals surface area contributed by atoms with Crippen LogP contribution in [0.1, 0.15) is 69.4 Å². The normalized spacial score (nSPS) is 15.8. The highest BCUT2D eigenvalue weighted by Gasteiger charge is 2.26. The van der Waals surface area contributed by atoms with E-state index in [1.165, 1.54) is 5.56 Å². The van der Waals surface area contributed by atoms with Gasteiger partial charge in [-0.3, -0.25) is 9.59 Å². The van der Waals surface area contributed by atoms with Crippen LogP contribution in [0.15, 0.2) is 24.3 Å². The molecule has 1 aliphatic rings. The van der Waals surface area contributed by atoms with E-state index in [0.29, 0.717) is 25.2 Å². The summed E-state index contributed by atoms with van der Waals surface area (Å²) in [4.78, 5) is 22.8. The Labute approximate surface area is 156 Å². The van der Waals surface area contributed by atoms with Gasteiger partial charge >= 0.3 is 0 Å². The molecule has 2 rings (SSSR count). The first-order valence-electron chi connectivity index (χ1n) is 9.26. The van der Waals surface area contributed by atoms with Gasteiger partial charge in [0.05, 0.1) is 26.2 Å². The summed E-state index contributed by atoms with van der Waals surface area (Å²) in [6.45, 7) is 5.66. The third-order valence-corrected chi connectivity index (χ3v) is 5.17. The summed E-state index contributed by atoms with van der Waals surface area (Å²) in [6.07, 6.45) is 1.77. The molecule has 3 N–H and O–H groups in total. The van der Waals surface area contributed by atoms with Crippen molar-refractivity contribution in [3.8, 4) is 0 Å². The molecule has 0 radical (unpaired) electrons. The Hall–Kier alpha value is -1.56. The standard InChI is InChI=1S/C15H18O2.C6H14O3/c1-10(2)11-3-5-12(6-4-11)13-7-14(16)9-15(17)8-13;1-2-6(3-7,4-8)5-9/h3-6,10,13H,7-9H2,1-2H3;7-9H,2-5H2,1H3. The van der Waals surface area contributed by atoms with Gasteiger partial charge in [0.2, 0.25) is 0 Å². The monoisotopic (exact) mass is 364 g/mol. The molecule has 1 saturated carbocycles. The maximum absolute atomic E-state index is 11.4. The van der Waals surface area contributed by atoms with Crippen molar-refractivity contribution in [2.24, 2.45) is 5.41 Å². The van der Waals surface area contributed by atoms with Crippen LogP contribution in [0.5, 0.6) is 0 Å². The lowest BCUT2D eigenvalue weighted by molar-refractivity contribution is -0.130. The summed E-state index contributed by atoms with van der Waals surface area (Å²) in [5.41, 5.74) is 1.75. The number of rotatable bonds is 6. The van der Waals surface area contributed by atoms with E-state index in [4.69, 9.17) is 15.3 Å². The first-order chi connectivity index (χ1) is 12.3. The zero-order valence-electron chi connectivity index (χ0n) is 16.1. The molecule has 0 aliphatic heterocycles. The van der Waals surface area contributed by atoms with Crippen molar-refractivity contribution in [3.63, 3.8) is 0 Å². The number of Topliss-reactive ketones (excluding diaryl/α,β-unsaturated/α-hetero) is 2. The summed E-state index contributed by atoms with van der Waals surface area (Å²) in [5.74, 6) is 0.780. The van der Waals surface area contributed by atoms with E-state index in [0.717, 1.165) is 5.56 Å². The Morgan fingerprint density at radius 2 is 1.42 bits per heavy atom. The van der Waals surface area contributed by atoms with Gasteiger partial charge < -0.3 is 15.3 Å². The van der Waals surface area contributed by atoms with Crippen molar-refractivity contribution in [1.29, 1.82) is 0 Å². The minimum atomic E-state index is -0.667. The molecule has 5 nitrogen and oxygen atoms in total. The minimum absolute atomic E-state index is 0.0826. The molecule has 0 heterocycles. The predicted molar refractivity (Wildman–Crippen MR) is 101 cm³/mol. The van der Waals surface area contributed by atoms with Crippen LogP contribution >= 0.6 is 0 Å². The highest BCUT2D eigenvalue weighted by molar-refractivity contribution is 6.02. The smallest absolute Gasteiger partial charge is 0.140 e. The molecule has 0 saturated heterocycles. The molecule has 0 aromatic heterocycles. The van der Waals surface area contributed by atoms with Crippen LogP contribution in [0.4, 0.5) is 0 Å². The van der Waals surface area contributed by atoms with Crippen molar-refractivity contribution in [3.05, 3.63) is 35.4 Å². The molecule has 0 unspecified atom stereocenters. The Bertz CT molecular complexity index is 539.